The predicted octanol–water partition coefficient (Wildman–Crippen LogP) is 5.14. The second kappa shape index (κ2) is 9.57. The smallest absolute Gasteiger partial charge is 0.290 e. The number of Topliss-reactive ketones (excluding diaryl/α,β-unsaturated/α-hetero) is 1. The first-order valence-electron chi connectivity index (χ1n) is 12.1. The van der Waals surface area contributed by atoms with E-state index in [4.69, 9.17) is 25.8 Å². The number of rotatable bonds is 6. The molecular formula is C28H30ClNO5. The van der Waals surface area contributed by atoms with Gasteiger partial charge in [-0.1, -0.05) is 36.7 Å². The van der Waals surface area contributed by atoms with Crippen molar-refractivity contribution in [3.63, 3.8) is 0 Å². The van der Waals surface area contributed by atoms with Crippen LogP contribution >= 0.6 is 11.6 Å². The summed E-state index contributed by atoms with van der Waals surface area (Å²) in [5, 5.41) is 0.608. The summed E-state index contributed by atoms with van der Waals surface area (Å²) in [5.74, 6) is 1.65. The van der Waals surface area contributed by atoms with Crippen LogP contribution in [0.3, 0.4) is 0 Å². The number of carbonyl (C=O) groups is 2. The van der Waals surface area contributed by atoms with Crippen LogP contribution in [0.5, 0.6) is 11.5 Å². The molecule has 6 nitrogen and oxygen atoms in total. The van der Waals surface area contributed by atoms with Gasteiger partial charge in [0.1, 0.15) is 6.10 Å². The largest absolute Gasteiger partial charge is 0.493 e. The van der Waals surface area contributed by atoms with Crippen LogP contribution < -0.4 is 9.47 Å². The van der Waals surface area contributed by atoms with Gasteiger partial charge in [-0.2, -0.15) is 0 Å². The van der Waals surface area contributed by atoms with E-state index >= 15 is 0 Å². The topological polar surface area (TPSA) is 65.1 Å². The summed E-state index contributed by atoms with van der Waals surface area (Å²) >= 11 is 6.14. The molecule has 3 aliphatic rings. The SMILES string of the molecule is COc1ccc(CCN2C(=O)C3=C(C(=O)C4CC(C)CCC4O3)C2c2ccc(Cl)cc2)cc1OC. The molecule has 1 aliphatic carbocycles. The summed E-state index contributed by atoms with van der Waals surface area (Å²) in [6, 6.07) is 12.6. The van der Waals surface area contributed by atoms with Crippen molar-refractivity contribution in [1.82, 2.24) is 4.90 Å². The van der Waals surface area contributed by atoms with Gasteiger partial charge in [0.15, 0.2) is 23.0 Å². The number of nitrogens with zero attached hydrogens (tertiary/aromatic N) is 1. The zero-order valence-corrected chi connectivity index (χ0v) is 21.0. The minimum Gasteiger partial charge on any atom is -0.493 e. The van der Waals surface area contributed by atoms with E-state index in [1.54, 1.807) is 31.3 Å². The number of hydrogen-bond donors (Lipinski definition) is 0. The lowest BCUT2D eigenvalue weighted by Crippen LogP contribution is -2.41. The molecule has 184 valence electrons. The van der Waals surface area contributed by atoms with Crippen molar-refractivity contribution in [3.8, 4) is 11.5 Å². The normalized spacial score (nSPS) is 25.8. The summed E-state index contributed by atoms with van der Waals surface area (Å²) in [6.07, 6.45) is 2.99. The van der Waals surface area contributed by atoms with E-state index in [1.807, 2.05) is 30.3 Å². The van der Waals surface area contributed by atoms with Gasteiger partial charge in [-0.05, 0) is 67.0 Å². The first-order chi connectivity index (χ1) is 16.9. The van der Waals surface area contributed by atoms with Gasteiger partial charge in [-0.3, -0.25) is 9.59 Å². The van der Waals surface area contributed by atoms with Gasteiger partial charge in [-0.25, -0.2) is 0 Å². The van der Waals surface area contributed by atoms with E-state index in [2.05, 4.69) is 6.92 Å². The third-order valence-corrected chi connectivity index (χ3v) is 7.73. The molecule has 0 bridgehead atoms. The van der Waals surface area contributed by atoms with E-state index in [0.29, 0.717) is 41.0 Å². The number of amides is 1. The van der Waals surface area contributed by atoms with Gasteiger partial charge >= 0.3 is 0 Å². The summed E-state index contributed by atoms with van der Waals surface area (Å²) in [5.41, 5.74) is 2.37. The van der Waals surface area contributed by atoms with Crippen molar-refractivity contribution in [2.45, 2.75) is 44.8 Å². The Morgan fingerprint density at radius 3 is 2.49 bits per heavy atom. The summed E-state index contributed by atoms with van der Waals surface area (Å²) in [4.78, 5) is 29.2. The van der Waals surface area contributed by atoms with Crippen LogP contribution in [-0.2, 0) is 20.7 Å². The number of carbonyl (C=O) groups excluding carboxylic acids is 2. The number of methoxy groups -OCH3 is 2. The maximum absolute atomic E-state index is 13.8. The highest BCUT2D eigenvalue weighted by atomic mass is 35.5. The van der Waals surface area contributed by atoms with Crippen molar-refractivity contribution in [2.75, 3.05) is 20.8 Å². The molecule has 1 saturated carbocycles. The molecule has 2 aromatic carbocycles. The Labute approximate surface area is 210 Å². The number of ketones is 1. The van der Waals surface area contributed by atoms with Crippen LogP contribution in [0.2, 0.25) is 5.02 Å². The molecule has 35 heavy (non-hydrogen) atoms. The minimum atomic E-state index is -0.486. The van der Waals surface area contributed by atoms with E-state index in [0.717, 1.165) is 30.4 Å². The van der Waals surface area contributed by atoms with Gasteiger partial charge in [0.25, 0.3) is 5.91 Å². The lowest BCUT2D eigenvalue weighted by atomic mass is 9.74. The Morgan fingerprint density at radius 1 is 1.03 bits per heavy atom. The summed E-state index contributed by atoms with van der Waals surface area (Å²) < 4.78 is 17.0. The highest BCUT2D eigenvalue weighted by Crippen LogP contribution is 2.47. The molecule has 2 aromatic rings. The molecule has 4 atom stereocenters. The fourth-order valence-electron chi connectivity index (χ4n) is 5.63. The number of halogens is 1. The standard InChI is InChI=1S/C28H30ClNO5/c1-16-4-10-21-20(14-16)26(31)24-25(18-6-8-19(29)9-7-18)30(28(32)27(24)35-21)13-12-17-5-11-22(33-2)23(15-17)34-3/h5-9,11,15-16,20-21,25H,4,10,12-14H2,1-3H3. The molecule has 0 aromatic heterocycles. The fraction of sp³-hybridized carbons (Fsp3) is 0.429. The molecule has 1 fully saturated rings. The van der Waals surface area contributed by atoms with Crippen LogP contribution in [0.25, 0.3) is 0 Å². The van der Waals surface area contributed by atoms with Gasteiger partial charge < -0.3 is 19.1 Å². The summed E-state index contributed by atoms with van der Waals surface area (Å²) in [7, 11) is 3.20. The summed E-state index contributed by atoms with van der Waals surface area (Å²) in [6.45, 7) is 2.61. The zero-order valence-electron chi connectivity index (χ0n) is 20.3. The number of benzene rings is 2. The van der Waals surface area contributed by atoms with Crippen molar-refractivity contribution < 1.29 is 23.8 Å². The molecule has 2 heterocycles. The van der Waals surface area contributed by atoms with Crippen molar-refractivity contribution in [2.24, 2.45) is 11.8 Å². The van der Waals surface area contributed by atoms with Crippen LogP contribution in [0.1, 0.15) is 43.4 Å². The van der Waals surface area contributed by atoms with Crippen LogP contribution in [-0.4, -0.2) is 43.5 Å². The lowest BCUT2D eigenvalue weighted by molar-refractivity contribution is -0.136. The predicted molar refractivity (Wildman–Crippen MR) is 133 cm³/mol. The lowest BCUT2D eigenvalue weighted by Gasteiger charge is -2.37. The average Bonchev–Trinajstić information content (AvgIpc) is 3.15. The third-order valence-electron chi connectivity index (χ3n) is 7.48. The van der Waals surface area contributed by atoms with Crippen molar-refractivity contribution in [1.29, 1.82) is 0 Å². The Hall–Kier alpha value is -2.99. The molecule has 5 rings (SSSR count). The molecule has 7 heteroatoms. The van der Waals surface area contributed by atoms with Gasteiger partial charge in [0, 0.05) is 11.6 Å². The van der Waals surface area contributed by atoms with Crippen molar-refractivity contribution in [3.05, 3.63) is 69.9 Å². The molecule has 4 unspecified atom stereocenters. The fourth-order valence-corrected chi connectivity index (χ4v) is 5.76. The Bertz CT molecular complexity index is 1170. The van der Waals surface area contributed by atoms with Gasteiger partial charge in [0.05, 0.1) is 31.8 Å². The molecule has 2 aliphatic heterocycles. The molecule has 0 spiro atoms. The van der Waals surface area contributed by atoms with Crippen LogP contribution in [0, 0.1) is 11.8 Å². The first kappa shape index (κ1) is 23.7. The highest BCUT2D eigenvalue weighted by molar-refractivity contribution is 6.30. The van der Waals surface area contributed by atoms with E-state index in [9.17, 15) is 9.59 Å². The zero-order chi connectivity index (χ0) is 24.7. The highest BCUT2D eigenvalue weighted by Gasteiger charge is 2.52. The first-order valence-corrected chi connectivity index (χ1v) is 12.5. The molecule has 0 N–H and O–H groups in total. The average molecular weight is 496 g/mol. The maximum atomic E-state index is 13.8. The van der Waals surface area contributed by atoms with E-state index in [1.165, 1.54) is 0 Å². The second-order valence-electron chi connectivity index (χ2n) is 9.68. The Kier molecular flexibility index (Phi) is 6.49. The van der Waals surface area contributed by atoms with Gasteiger partial charge in [0.2, 0.25) is 0 Å². The minimum absolute atomic E-state index is 0.0599. The monoisotopic (exact) mass is 495 g/mol. The number of ether oxygens (including phenoxy) is 3. The quantitative estimate of drug-likeness (QED) is 0.555. The Morgan fingerprint density at radius 2 is 1.77 bits per heavy atom. The number of hydrogen-bond acceptors (Lipinski definition) is 5. The van der Waals surface area contributed by atoms with Crippen LogP contribution in [0.15, 0.2) is 53.8 Å². The maximum Gasteiger partial charge on any atom is 0.290 e. The molecule has 0 radical (unpaired) electrons. The second-order valence-corrected chi connectivity index (χ2v) is 10.1. The number of fused-ring (bicyclic) bond motifs is 1. The van der Waals surface area contributed by atoms with Crippen LogP contribution in [0.4, 0.5) is 0 Å². The Balaban J connectivity index is 1.47. The molecule has 1 amide bonds. The molecule has 0 saturated heterocycles. The van der Waals surface area contributed by atoms with Crippen molar-refractivity contribution >= 4 is 23.3 Å². The molecular weight excluding hydrogens is 466 g/mol. The van der Waals surface area contributed by atoms with E-state index < -0.39 is 6.04 Å². The van der Waals surface area contributed by atoms with E-state index in [-0.39, 0.29) is 29.5 Å². The van der Waals surface area contributed by atoms with Gasteiger partial charge in [-0.15, -0.1) is 0 Å². The third kappa shape index (κ3) is 4.29.